The average Bonchev–Trinajstić information content (AvgIpc) is 2.90. The van der Waals surface area contributed by atoms with Crippen molar-refractivity contribution >= 4 is 23.5 Å². The zero-order valence-electron chi connectivity index (χ0n) is 13.7. The number of ketones is 1. The first-order chi connectivity index (χ1) is 12.1. The molecular formula is C19H15ClO5. The molecule has 25 heavy (non-hydrogen) atoms. The predicted molar refractivity (Wildman–Crippen MR) is 92.4 cm³/mol. The van der Waals surface area contributed by atoms with Crippen molar-refractivity contribution in [1.29, 1.82) is 0 Å². The molecule has 2 heterocycles. The van der Waals surface area contributed by atoms with Crippen molar-refractivity contribution < 1.29 is 23.7 Å². The Labute approximate surface area is 149 Å². The molecule has 0 fully saturated rings. The van der Waals surface area contributed by atoms with Crippen LogP contribution in [0.25, 0.3) is 6.08 Å². The molecule has 0 bridgehead atoms. The summed E-state index contributed by atoms with van der Waals surface area (Å²) in [5.74, 6) is 1.85. The number of carbonyl (C=O) groups is 1. The number of halogens is 1. The van der Waals surface area contributed by atoms with Gasteiger partial charge in [0.25, 0.3) is 0 Å². The Bertz CT molecular complexity index is 917. The van der Waals surface area contributed by atoms with Crippen LogP contribution in [0.15, 0.2) is 30.0 Å². The Balaban J connectivity index is 1.78. The normalized spacial score (nSPS) is 16.9. The number of hydrogen-bond acceptors (Lipinski definition) is 5. The van der Waals surface area contributed by atoms with Crippen LogP contribution in [-0.2, 0) is 11.3 Å². The van der Waals surface area contributed by atoms with Gasteiger partial charge >= 0.3 is 0 Å². The van der Waals surface area contributed by atoms with Gasteiger partial charge in [0.05, 0.1) is 19.3 Å². The quantitative estimate of drug-likeness (QED) is 0.755. The second kappa shape index (κ2) is 6.10. The van der Waals surface area contributed by atoms with E-state index in [0.29, 0.717) is 40.0 Å². The second-order valence-electron chi connectivity index (χ2n) is 5.85. The second-order valence-corrected chi connectivity index (χ2v) is 6.29. The van der Waals surface area contributed by atoms with E-state index in [9.17, 15) is 4.79 Å². The Hall–Kier alpha value is -2.50. The van der Waals surface area contributed by atoms with Gasteiger partial charge in [0, 0.05) is 22.2 Å². The smallest absolute Gasteiger partial charge is 0.232 e. The fraction of sp³-hybridized carbons (Fsp3) is 0.211. The molecule has 0 aromatic heterocycles. The van der Waals surface area contributed by atoms with E-state index in [0.717, 1.165) is 11.1 Å². The molecule has 0 unspecified atom stereocenters. The minimum Gasteiger partial charge on any atom is -0.497 e. The highest BCUT2D eigenvalue weighted by molar-refractivity contribution is 6.31. The Kier molecular flexibility index (Phi) is 3.90. The number of allylic oxidation sites excluding steroid dienone is 1. The first-order valence-corrected chi connectivity index (χ1v) is 8.10. The van der Waals surface area contributed by atoms with E-state index < -0.39 is 0 Å². The summed E-state index contributed by atoms with van der Waals surface area (Å²) >= 11 is 6.17. The maximum absolute atomic E-state index is 12.7. The highest BCUT2D eigenvalue weighted by Gasteiger charge is 2.30. The largest absolute Gasteiger partial charge is 0.497 e. The van der Waals surface area contributed by atoms with E-state index in [2.05, 4.69) is 0 Å². The zero-order chi connectivity index (χ0) is 17.6. The maximum Gasteiger partial charge on any atom is 0.232 e. The summed E-state index contributed by atoms with van der Waals surface area (Å²) in [6.45, 7) is 2.43. The van der Waals surface area contributed by atoms with Crippen LogP contribution < -0.4 is 14.2 Å². The van der Waals surface area contributed by atoms with Gasteiger partial charge in [-0.25, -0.2) is 0 Å². The molecule has 128 valence electrons. The van der Waals surface area contributed by atoms with E-state index in [1.165, 1.54) is 0 Å². The van der Waals surface area contributed by atoms with Gasteiger partial charge in [0.1, 0.15) is 17.2 Å². The average molecular weight is 359 g/mol. The van der Waals surface area contributed by atoms with Crippen molar-refractivity contribution in [2.45, 2.75) is 13.5 Å². The van der Waals surface area contributed by atoms with Crippen LogP contribution in [0.1, 0.15) is 27.0 Å². The monoisotopic (exact) mass is 358 g/mol. The van der Waals surface area contributed by atoms with Gasteiger partial charge in [-0.05, 0) is 36.8 Å². The third kappa shape index (κ3) is 2.75. The number of benzene rings is 2. The molecule has 0 saturated carbocycles. The minimum atomic E-state index is -0.170. The number of rotatable bonds is 2. The number of ether oxygens (including phenoxy) is 4. The van der Waals surface area contributed by atoms with Crippen LogP contribution in [0.3, 0.4) is 0 Å². The fourth-order valence-corrected chi connectivity index (χ4v) is 3.30. The Morgan fingerprint density at radius 3 is 2.88 bits per heavy atom. The van der Waals surface area contributed by atoms with Gasteiger partial charge in [0.15, 0.2) is 12.6 Å². The van der Waals surface area contributed by atoms with E-state index in [1.807, 2.05) is 13.0 Å². The summed E-state index contributed by atoms with van der Waals surface area (Å²) < 4.78 is 21.9. The first-order valence-electron chi connectivity index (χ1n) is 7.72. The molecule has 0 radical (unpaired) electrons. The summed E-state index contributed by atoms with van der Waals surface area (Å²) in [6, 6.07) is 7.05. The number of Topliss-reactive ketones (excluding diaryl/α,β-unsaturated/α-hetero) is 1. The minimum absolute atomic E-state index is 0.163. The molecule has 2 aliphatic heterocycles. The van der Waals surface area contributed by atoms with Crippen molar-refractivity contribution in [2.75, 3.05) is 13.9 Å². The van der Waals surface area contributed by atoms with E-state index in [1.54, 1.807) is 31.4 Å². The number of carbonyl (C=O) groups excluding carboxylic acids is 1. The van der Waals surface area contributed by atoms with Crippen molar-refractivity contribution in [3.63, 3.8) is 0 Å². The Morgan fingerprint density at radius 2 is 2.08 bits per heavy atom. The van der Waals surface area contributed by atoms with E-state index >= 15 is 0 Å². The van der Waals surface area contributed by atoms with Crippen LogP contribution in [0.4, 0.5) is 0 Å². The highest BCUT2D eigenvalue weighted by Crippen LogP contribution is 2.39. The number of fused-ring (bicyclic) bond motifs is 2. The summed E-state index contributed by atoms with van der Waals surface area (Å²) in [5, 5.41) is 0.542. The van der Waals surface area contributed by atoms with E-state index in [4.69, 9.17) is 30.5 Å². The van der Waals surface area contributed by atoms with Gasteiger partial charge in [-0.3, -0.25) is 4.79 Å². The summed E-state index contributed by atoms with van der Waals surface area (Å²) in [6.07, 6.45) is 1.66. The number of methoxy groups -OCH3 is 1. The molecule has 6 heteroatoms. The van der Waals surface area contributed by atoms with Crippen molar-refractivity contribution in [3.8, 4) is 17.2 Å². The molecule has 0 saturated heterocycles. The molecule has 2 aliphatic rings. The predicted octanol–water partition coefficient (Wildman–Crippen LogP) is 4.14. The summed E-state index contributed by atoms with van der Waals surface area (Å²) in [4.78, 5) is 12.7. The SMILES string of the molecule is COc1cc(C)c2c(c1)O/C(=C\c1cc(Cl)cc3c1OCOC3)C2=O. The van der Waals surface area contributed by atoms with Crippen LogP contribution in [0, 0.1) is 6.92 Å². The van der Waals surface area contributed by atoms with Gasteiger partial charge < -0.3 is 18.9 Å². The highest BCUT2D eigenvalue weighted by atomic mass is 35.5. The molecular weight excluding hydrogens is 344 g/mol. The fourth-order valence-electron chi connectivity index (χ4n) is 3.05. The molecule has 0 spiro atoms. The van der Waals surface area contributed by atoms with Crippen molar-refractivity contribution in [2.24, 2.45) is 0 Å². The molecule has 0 amide bonds. The zero-order valence-corrected chi connectivity index (χ0v) is 14.5. The van der Waals surface area contributed by atoms with Crippen LogP contribution in [0.5, 0.6) is 17.2 Å². The number of hydrogen-bond donors (Lipinski definition) is 0. The van der Waals surface area contributed by atoms with Crippen LogP contribution in [0.2, 0.25) is 5.02 Å². The molecule has 2 aromatic carbocycles. The van der Waals surface area contributed by atoms with Crippen LogP contribution in [-0.4, -0.2) is 19.7 Å². The molecule has 2 aromatic rings. The molecule has 4 rings (SSSR count). The third-order valence-electron chi connectivity index (χ3n) is 4.17. The van der Waals surface area contributed by atoms with Gasteiger partial charge in [-0.15, -0.1) is 0 Å². The lowest BCUT2D eigenvalue weighted by Gasteiger charge is -2.20. The van der Waals surface area contributed by atoms with Crippen molar-refractivity contribution in [3.05, 3.63) is 57.3 Å². The first kappa shape index (κ1) is 16.0. The van der Waals surface area contributed by atoms with Crippen LogP contribution >= 0.6 is 11.6 Å². The molecule has 5 nitrogen and oxygen atoms in total. The van der Waals surface area contributed by atoms with Gasteiger partial charge in [-0.1, -0.05) is 11.6 Å². The van der Waals surface area contributed by atoms with Gasteiger partial charge in [-0.2, -0.15) is 0 Å². The molecule has 0 N–H and O–H groups in total. The van der Waals surface area contributed by atoms with E-state index in [-0.39, 0.29) is 18.3 Å². The third-order valence-corrected chi connectivity index (χ3v) is 4.39. The summed E-state index contributed by atoms with van der Waals surface area (Å²) in [5.41, 5.74) is 2.88. The number of aryl methyl sites for hydroxylation is 1. The maximum atomic E-state index is 12.7. The van der Waals surface area contributed by atoms with Gasteiger partial charge in [0.2, 0.25) is 5.78 Å². The van der Waals surface area contributed by atoms with Crippen molar-refractivity contribution in [1.82, 2.24) is 0 Å². The Morgan fingerprint density at radius 1 is 1.24 bits per heavy atom. The lowest BCUT2D eigenvalue weighted by Crippen LogP contribution is -2.12. The lowest BCUT2D eigenvalue weighted by molar-refractivity contribution is -0.0165. The topological polar surface area (TPSA) is 54.0 Å². The molecule has 0 aliphatic carbocycles. The standard InChI is InChI=1S/C19H15ClO5/c1-10-3-14(22-2)7-15-17(10)18(21)16(25-15)6-11-4-13(20)5-12-8-23-9-24-19(11)12/h3-7H,8-9H2,1-2H3/b16-6-. The molecule has 0 atom stereocenters. The lowest BCUT2D eigenvalue weighted by atomic mass is 10.0. The summed E-state index contributed by atoms with van der Waals surface area (Å²) in [7, 11) is 1.58.